The van der Waals surface area contributed by atoms with Crippen molar-refractivity contribution in [2.24, 2.45) is 4.99 Å². The van der Waals surface area contributed by atoms with Gasteiger partial charge in [-0.25, -0.2) is 4.99 Å². The summed E-state index contributed by atoms with van der Waals surface area (Å²) >= 11 is 0. The third-order valence-corrected chi connectivity index (χ3v) is 3.94. The number of aromatic nitrogens is 3. The minimum atomic E-state index is 0.308. The lowest BCUT2D eigenvalue weighted by molar-refractivity contribution is 0.415. The Balaban J connectivity index is 1.61. The number of ether oxygens (including phenoxy) is 1. The van der Waals surface area contributed by atoms with E-state index >= 15 is 0 Å². The van der Waals surface area contributed by atoms with Crippen molar-refractivity contribution in [3.05, 3.63) is 54.1 Å². The highest BCUT2D eigenvalue weighted by Crippen LogP contribution is 2.40. The summed E-state index contributed by atoms with van der Waals surface area (Å²) in [6, 6.07) is 15.6. The summed E-state index contributed by atoms with van der Waals surface area (Å²) in [6.07, 6.45) is 1.70. The summed E-state index contributed by atoms with van der Waals surface area (Å²) in [7, 11) is 3.59. The highest BCUT2D eigenvalue weighted by atomic mass is 16.5. The summed E-state index contributed by atoms with van der Waals surface area (Å²) < 4.78 is 5.14. The number of benzene rings is 2. The lowest BCUT2D eigenvalue weighted by atomic mass is 10.2. The van der Waals surface area contributed by atoms with Crippen LogP contribution in [0.2, 0.25) is 0 Å². The Hall–Kier alpha value is -3.48. The average Bonchev–Trinajstić information content (AvgIpc) is 2.67. The molecule has 0 spiro atoms. The minimum absolute atomic E-state index is 0.308. The molecule has 0 unspecified atom stereocenters. The number of para-hydroxylation sites is 2. The summed E-state index contributed by atoms with van der Waals surface area (Å²) in [5, 5.41) is 11.5. The van der Waals surface area contributed by atoms with Crippen molar-refractivity contribution >= 4 is 35.2 Å². The summed E-state index contributed by atoms with van der Waals surface area (Å²) in [6.45, 7) is 0. The smallest absolute Gasteiger partial charge is 0.271 e. The van der Waals surface area contributed by atoms with Gasteiger partial charge in [0.2, 0.25) is 0 Å². The number of nitrogens with one attached hydrogen (secondary N) is 1. The first kappa shape index (κ1) is 15.1. The van der Waals surface area contributed by atoms with Crippen LogP contribution in [0, 0.1) is 0 Å². The van der Waals surface area contributed by atoms with E-state index in [0.29, 0.717) is 17.6 Å². The van der Waals surface area contributed by atoms with Crippen LogP contribution in [0.3, 0.4) is 0 Å². The predicted octanol–water partition coefficient (Wildman–Crippen LogP) is 3.46. The number of hydrogen-bond donors (Lipinski definition) is 1. The van der Waals surface area contributed by atoms with Crippen LogP contribution in [0.4, 0.5) is 29.0 Å². The van der Waals surface area contributed by atoms with E-state index in [9.17, 15) is 0 Å². The first-order valence-corrected chi connectivity index (χ1v) is 7.77. The van der Waals surface area contributed by atoms with E-state index in [4.69, 9.17) is 4.74 Å². The zero-order valence-corrected chi connectivity index (χ0v) is 13.8. The lowest BCUT2D eigenvalue weighted by Gasteiger charge is -2.28. The maximum absolute atomic E-state index is 5.14. The molecule has 1 aliphatic heterocycles. The molecule has 1 aliphatic rings. The highest BCUT2D eigenvalue weighted by Gasteiger charge is 2.22. The monoisotopic (exact) mass is 332 g/mol. The third kappa shape index (κ3) is 2.87. The van der Waals surface area contributed by atoms with E-state index in [-0.39, 0.29) is 0 Å². The van der Waals surface area contributed by atoms with Gasteiger partial charge in [-0.2, -0.15) is 4.98 Å². The van der Waals surface area contributed by atoms with Crippen LogP contribution in [0.15, 0.2) is 53.5 Å². The fraction of sp³-hybridized carbons (Fsp3) is 0.111. The number of nitrogens with zero attached hydrogens (tertiary/aromatic N) is 5. The van der Waals surface area contributed by atoms with Gasteiger partial charge >= 0.3 is 0 Å². The van der Waals surface area contributed by atoms with Gasteiger partial charge in [-0.15, -0.1) is 10.2 Å². The number of aliphatic imine (C=N–C) groups is 1. The summed E-state index contributed by atoms with van der Waals surface area (Å²) in [4.78, 5) is 10.8. The molecule has 7 heteroatoms. The van der Waals surface area contributed by atoms with Crippen molar-refractivity contribution in [1.29, 1.82) is 0 Å². The van der Waals surface area contributed by atoms with E-state index in [1.165, 1.54) is 0 Å². The molecule has 0 aliphatic carbocycles. The molecule has 25 heavy (non-hydrogen) atoms. The molecular formula is C18H16N6O. The molecule has 1 aromatic heterocycles. The van der Waals surface area contributed by atoms with Crippen molar-refractivity contribution in [2.75, 3.05) is 24.4 Å². The van der Waals surface area contributed by atoms with Gasteiger partial charge in [0.15, 0.2) is 11.6 Å². The van der Waals surface area contributed by atoms with Gasteiger partial charge in [0.1, 0.15) is 5.75 Å². The Morgan fingerprint density at radius 2 is 1.88 bits per heavy atom. The van der Waals surface area contributed by atoms with Crippen molar-refractivity contribution in [3.63, 3.8) is 0 Å². The molecule has 0 saturated carbocycles. The van der Waals surface area contributed by atoms with Crippen LogP contribution < -0.4 is 15.0 Å². The second kappa shape index (κ2) is 6.20. The Morgan fingerprint density at radius 1 is 1.08 bits per heavy atom. The fourth-order valence-corrected chi connectivity index (χ4v) is 2.61. The van der Waals surface area contributed by atoms with Crippen molar-refractivity contribution < 1.29 is 4.74 Å². The molecule has 124 valence electrons. The first-order chi connectivity index (χ1) is 12.2. The predicted molar refractivity (Wildman–Crippen MR) is 97.9 cm³/mol. The lowest BCUT2D eigenvalue weighted by Crippen LogP contribution is -2.20. The SMILES string of the molecule is COc1ccc(C=Nc2nnc3c(n2)N(C)c2ccccc2N3)cc1. The van der Waals surface area contributed by atoms with Gasteiger partial charge in [-0.1, -0.05) is 12.1 Å². The van der Waals surface area contributed by atoms with Crippen molar-refractivity contribution in [3.8, 4) is 5.75 Å². The van der Waals surface area contributed by atoms with Crippen molar-refractivity contribution in [1.82, 2.24) is 15.2 Å². The number of methoxy groups -OCH3 is 1. The molecule has 0 bridgehead atoms. The maximum atomic E-state index is 5.14. The molecule has 0 fully saturated rings. The van der Waals surface area contributed by atoms with E-state index in [1.807, 2.05) is 60.5 Å². The Bertz CT molecular complexity index is 939. The van der Waals surface area contributed by atoms with Crippen LogP contribution >= 0.6 is 0 Å². The molecule has 0 atom stereocenters. The zero-order chi connectivity index (χ0) is 17.2. The van der Waals surface area contributed by atoms with E-state index in [0.717, 1.165) is 22.7 Å². The molecule has 4 rings (SSSR count). The molecule has 2 aromatic carbocycles. The number of fused-ring (bicyclic) bond motifs is 2. The van der Waals surface area contributed by atoms with Crippen LogP contribution in [-0.4, -0.2) is 35.6 Å². The van der Waals surface area contributed by atoms with Crippen LogP contribution in [-0.2, 0) is 0 Å². The second-order valence-electron chi connectivity index (χ2n) is 5.52. The van der Waals surface area contributed by atoms with Gasteiger partial charge in [-0.3, -0.25) is 0 Å². The molecule has 2 heterocycles. The van der Waals surface area contributed by atoms with Gasteiger partial charge in [0, 0.05) is 13.3 Å². The maximum Gasteiger partial charge on any atom is 0.271 e. The first-order valence-electron chi connectivity index (χ1n) is 7.77. The molecule has 0 amide bonds. The minimum Gasteiger partial charge on any atom is -0.497 e. The fourth-order valence-electron chi connectivity index (χ4n) is 2.61. The summed E-state index contributed by atoms with van der Waals surface area (Å²) in [5.41, 5.74) is 2.93. The van der Waals surface area contributed by atoms with E-state index in [2.05, 4.69) is 25.5 Å². The van der Waals surface area contributed by atoms with E-state index in [1.54, 1.807) is 13.3 Å². The van der Waals surface area contributed by atoms with Crippen LogP contribution in [0.1, 0.15) is 5.56 Å². The second-order valence-corrected chi connectivity index (χ2v) is 5.52. The third-order valence-electron chi connectivity index (χ3n) is 3.94. The summed E-state index contributed by atoms with van der Waals surface area (Å²) in [5.74, 6) is 2.41. The standard InChI is InChI=1S/C18H16N6O/c1-24-15-6-4-3-5-14(15)20-16-17(24)21-18(23-22-16)19-11-12-7-9-13(25-2)10-8-12/h3-11H,1-2H3,(H,20,22). The molecule has 0 radical (unpaired) electrons. The van der Waals surface area contributed by atoms with E-state index < -0.39 is 0 Å². The molecule has 7 nitrogen and oxygen atoms in total. The molecule has 3 aromatic rings. The molecule has 1 N–H and O–H groups in total. The largest absolute Gasteiger partial charge is 0.497 e. The Kier molecular flexibility index (Phi) is 3.74. The highest BCUT2D eigenvalue weighted by molar-refractivity contribution is 5.88. The zero-order valence-electron chi connectivity index (χ0n) is 13.8. The average molecular weight is 332 g/mol. The topological polar surface area (TPSA) is 75.5 Å². The quantitative estimate of drug-likeness (QED) is 0.740. The normalized spacial score (nSPS) is 12.5. The van der Waals surface area contributed by atoms with Crippen molar-refractivity contribution in [2.45, 2.75) is 0 Å². The molecule has 0 saturated heterocycles. The van der Waals surface area contributed by atoms with Crippen LogP contribution in [0.5, 0.6) is 5.75 Å². The molecular weight excluding hydrogens is 316 g/mol. The Morgan fingerprint density at radius 3 is 2.68 bits per heavy atom. The van der Waals surface area contributed by atoms with Crippen LogP contribution in [0.25, 0.3) is 0 Å². The number of anilines is 4. The Labute approximate surface area is 145 Å². The van der Waals surface area contributed by atoms with Gasteiger partial charge < -0.3 is 15.0 Å². The number of rotatable bonds is 3. The van der Waals surface area contributed by atoms with Gasteiger partial charge in [0.25, 0.3) is 5.95 Å². The van der Waals surface area contributed by atoms with Gasteiger partial charge in [-0.05, 0) is 42.0 Å². The van der Waals surface area contributed by atoms with Gasteiger partial charge in [0.05, 0.1) is 18.5 Å². The number of hydrogen-bond acceptors (Lipinski definition) is 7.